The molecule has 0 fully saturated rings. The quantitative estimate of drug-likeness (QED) is 0.639. The van der Waals surface area contributed by atoms with Gasteiger partial charge in [0.2, 0.25) is 5.78 Å². The third-order valence-corrected chi connectivity index (χ3v) is 4.24. The van der Waals surface area contributed by atoms with Crippen LogP contribution >= 0.6 is 0 Å². The number of hydrogen-bond donors (Lipinski definition) is 1. The van der Waals surface area contributed by atoms with Crippen molar-refractivity contribution >= 4 is 17.5 Å². The van der Waals surface area contributed by atoms with Crippen LogP contribution in [0.1, 0.15) is 28.8 Å². The molecule has 0 spiro atoms. The van der Waals surface area contributed by atoms with Crippen LogP contribution in [-0.4, -0.2) is 37.2 Å². The zero-order valence-corrected chi connectivity index (χ0v) is 14.6. The molecular weight excluding hydrogens is 332 g/mol. The summed E-state index contributed by atoms with van der Waals surface area (Å²) in [6.07, 6.45) is 0. The molecule has 0 amide bonds. The van der Waals surface area contributed by atoms with Gasteiger partial charge in [0.05, 0.1) is 19.6 Å². The summed E-state index contributed by atoms with van der Waals surface area (Å²) in [6, 6.07) is 15.4. The van der Waals surface area contributed by atoms with E-state index in [-0.39, 0.29) is 12.4 Å². The maximum atomic E-state index is 13.0. The molecule has 3 rings (SSSR count). The SMILES string of the molecule is CCOC(=O)[C@@H]1NN=C(C(=O)c2ccc(OC)cc2)[C@@H]1c1ccccc1. The Morgan fingerprint density at radius 3 is 2.38 bits per heavy atom. The molecule has 0 saturated carbocycles. The van der Waals surface area contributed by atoms with E-state index in [1.165, 1.54) is 0 Å². The molecule has 2 atom stereocenters. The van der Waals surface area contributed by atoms with E-state index in [1.807, 2.05) is 30.3 Å². The molecule has 0 aliphatic carbocycles. The average Bonchev–Trinajstić information content (AvgIpc) is 3.13. The molecule has 0 radical (unpaired) electrons. The number of carbonyl (C=O) groups excluding carboxylic acids is 2. The lowest BCUT2D eigenvalue weighted by Gasteiger charge is -2.19. The van der Waals surface area contributed by atoms with E-state index < -0.39 is 17.9 Å². The molecule has 6 heteroatoms. The third-order valence-electron chi connectivity index (χ3n) is 4.24. The van der Waals surface area contributed by atoms with Crippen LogP contribution in [-0.2, 0) is 9.53 Å². The van der Waals surface area contributed by atoms with E-state index in [9.17, 15) is 9.59 Å². The zero-order chi connectivity index (χ0) is 18.5. The van der Waals surface area contributed by atoms with Gasteiger partial charge in [-0.15, -0.1) is 0 Å². The molecule has 26 heavy (non-hydrogen) atoms. The minimum Gasteiger partial charge on any atom is -0.497 e. The Hall–Kier alpha value is -3.15. The van der Waals surface area contributed by atoms with Crippen LogP contribution in [0.15, 0.2) is 59.7 Å². The molecular formula is C20H20N2O4. The molecule has 0 unspecified atom stereocenters. The van der Waals surface area contributed by atoms with Crippen molar-refractivity contribution in [1.82, 2.24) is 5.43 Å². The molecule has 6 nitrogen and oxygen atoms in total. The van der Waals surface area contributed by atoms with Crippen molar-refractivity contribution in [2.45, 2.75) is 18.9 Å². The van der Waals surface area contributed by atoms with Crippen LogP contribution in [0.2, 0.25) is 0 Å². The summed E-state index contributed by atoms with van der Waals surface area (Å²) in [5.41, 5.74) is 4.39. The fourth-order valence-electron chi connectivity index (χ4n) is 2.95. The number of esters is 1. The highest BCUT2D eigenvalue weighted by atomic mass is 16.5. The minimum atomic E-state index is -0.727. The van der Waals surface area contributed by atoms with Crippen molar-refractivity contribution in [2.75, 3.05) is 13.7 Å². The Bertz CT molecular complexity index is 815. The first-order chi connectivity index (χ1) is 12.7. The second kappa shape index (κ2) is 7.82. The molecule has 1 heterocycles. The molecule has 2 aromatic carbocycles. The highest BCUT2D eigenvalue weighted by Gasteiger charge is 2.41. The zero-order valence-electron chi connectivity index (χ0n) is 14.6. The molecule has 1 aliphatic heterocycles. The number of carbonyl (C=O) groups is 2. The highest BCUT2D eigenvalue weighted by molar-refractivity contribution is 6.48. The summed E-state index contributed by atoms with van der Waals surface area (Å²) in [7, 11) is 1.57. The van der Waals surface area contributed by atoms with Gasteiger partial charge < -0.3 is 9.47 Å². The standard InChI is InChI=1S/C20H20N2O4/c1-3-26-20(24)18-16(13-7-5-4-6-8-13)17(21-22-18)19(23)14-9-11-15(25-2)12-10-14/h4-12,16,18,22H,3H2,1-2H3/t16-,18+/m0/s1. The van der Waals surface area contributed by atoms with E-state index >= 15 is 0 Å². The Morgan fingerprint density at radius 1 is 1.08 bits per heavy atom. The van der Waals surface area contributed by atoms with E-state index in [1.54, 1.807) is 38.3 Å². The largest absolute Gasteiger partial charge is 0.497 e. The number of nitrogens with one attached hydrogen (secondary N) is 1. The van der Waals surface area contributed by atoms with Crippen molar-refractivity contribution in [3.05, 3.63) is 65.7 Å². The van der Waals surface area contributed by atoms with E-state index in [4.69, 9.17) is 9.47 Å². The number of hydrazone groups is 1. The highest BCUT2D eigenvalue weighted by Crippen LogP contribution is 2.28. The van der Waals surface area contributed by atoms with E-state index in [2.05, 4.69) is 10.5 Å². The topological polar surface area (TPSA) is 77.0 Å². The number of benzene rings is 2. The Morgan fingerprint density at radius 2 is 1.77 bits per heavy atom. The van der Waals surface area contributed by atoms with Gasteiger partial charge in [-0.25, -0.2) is 4.79 Å². The summed E-state index contributed by atoms with van der Waals surface area (Å²) < 4.78 is 10.3. The maximum absolute atomic E-state index is 13.0. The van der Waals surface area contributed by atoms with Crippen LogP contribution in [0.3, 0.4) is 0 Å². The van der Waals surface area contributed by atoms with Gasteiger partial charge in [0.15, 0.2) is 6.04 Å². The summed E-state index contributed by atoms with van der Waals surface area (Å²) in [5, 5.41) is 4.18. The second-order valence-electron chi connectivity index (χ2n) is 5.80. The smallest absolute Gasteiger partial charge is 0.331 e. The molecule has 134 valence electrons. The number of Topliss-reactive ketones (excluding diaryl/α,β-unsaturated/α-hetero) is 1. The lowest BCUT2D eigenvalue weighted by atomic mass is 9.85. The third kappa shape index (κ3) is 3.44. The second-order valence-corrected chi connectivity index (χ2v) is 5.80. The van der Waals surface area contributed by atoms with Crippen LogP contribution < -0.4 is 10.2 Å². The number of ether oxygens (including phenoxy) is 2. The fourth-order valence-corrected chi connectivity index (χ4v) is 2.95. The summed E-state index contributed by atoms with van der Waals surface area (Å²) in [5.74, 6) is -0.509. The van der Waals surface area contributed by atoms with Crippen molar-refractivity contribution in [3.8, 4) is 5.75 Å². The van der Waals surface area contributed by atoms with Crippen molar-refractivity contribution in [2.24, 2.45) is 5.10 Å². The lowest BCUT2D eigenvalue weighted by Crippen LogP contribution is -2.38. The number of rotatable bonds is 6. The molecule has 1 N–H and O–H groups in total. The molecule has 0 aromatic heterocycles. The van der Waals surface area contributed by atoms with Gasteiger partial charge in [0, 0.05) is 5.56 Å². The minimum absolute atomic E-state index is 0.235. The van der Waals surface area contributed by atoms with Gasteiger partial charge in [0.25, 0.3) is 0 Å². The molecule has 1 aliphatic rings. The van der Waals surface area contributed by atoms with Gasteiger partial charge in [-0.2, -0.15) is 5.10 Å². The van der Waals surface area contributed by atoms with Crippen LogP contribution in [0, 0.1) is 0 Å². The van der Waals surface area contributed by atoms with Gasteiger partial charge in [-0.3, -0.25) is 10.2 Å². The Balaban J connectivity index is 1.93. The van der Waals surface area contributed by atoms with Crippen molar-refractivity contribution in [3.63, 3.8) is 0 Å². The van der Waals surface area contributed by atoms with Crippen LogP contribution in [0.25, 0.3) is 0 Å². The van der Waals surface area contributed by atoms with E-state index in [0.29, 0.717) is 17.0 Å². The first kappa shape index (κ1) is 17.7. The average molecular weight is 352 g/mol. The number of ketones is 1. The Kier molecular flexibility index (Phi) is 5.31. The number of hydrogen-bond acceptors (Lipinski definition) is 6. The van der Waals surface area contributed by atoms with Gasteiger partial charge in [0.1, 0.15) is 11.5 Å². The van der Waals surface area contributed by atoms with Crippen LogP contribution in [0.4, 0.5) is 0 Å². The van der Waals surface area contributed by atoms with Gasteiger partial charge in [-0.1, -0.05) is 30.3 Å². The monoisotopic (exact) mass is 352 g/mol. The molecule has 0 bridgehead atoms. The van der Waals surface area contributed by atoms with Crippen molar-refractivity contribution < 1.29 is 19.1 Å². The summed E-state index contributed by atoms with van der Waals surface area (Å²) >= 11 is 0. The number of nitrogens with zero attached hydrogens (tertiary/aromatic N) is 1. The maximum Gasteiger partial charge on any atom is 0.331 e. The molecule has 2 aromatic rings. The van der Waals surface area contributed by atoms with Crippen molar-refractivity contribution in [1.29, 1.82) is 0 Å². The molecule has 0 saturated heterocycles. The first-order valence-corrected chi connectivity index (χ1v) is 8.39. The van der Waals surface area contributed by atoms with Gasteiger partial charge in [-0.05, 0) is 36.8 Å². The normalized spacial score (nSPS) is 18.6. The predicted octanol–water partition coefficient (Wildman–Crippen LogP) is 2.55. The van der Waals surface area contributed by atoms with Gasteiger partial charge >= 0.3 is 5.97 Å². The lowest BCUT2D eigenvalue weighted by molar-refractivity contribution is -0.145. The van der Waals surface area contributed by atoms with E-state index in [0.717, 1.165) is 5.56 Å². The Labute approximate surface area is 151 Å². The van der Waals surface area contributed by atoms with Crippen LogP contribution in [0.5, 0.6) is 5.75 Å². The summed E-state index contributed by atoms with van der Waals surface area (Å²) in [4.78, 5) is 25.3. The summed E-state index contributed by atoms with van der Waals surface area (Å²) in [6.45, 7) is 2.01. The fraction of sp³-hybridized carbons (Fsp3) is 0.250. The first-order valence-electron chi connectivity index (χ1n) is 8.39. The number of methoxy groups -OCH3 is 1. The predicted molar refractivity (Wildman–Crippen MR) is 97.5 cm³/mol.